The molecule has 7 heteroatoms. The summed E-state index contributed by atoms with van der Waals surface area (Å²) in [6.07, 6.45) is 3.89. The fraction of sp³-hybridized carbons (Fsp3) is 0.320. The van der Waals surface area contributed by atoms with Gasteiger partial charge in [-0.1, -0.05) is 44.7 Å². The van der Waals surface area contributed by atoms with Crippen LogP contribution in [-0.2, 0) is 27.6 Å². The summed E-state index contributed by atoms with van der Waals surface area (Å²) in [5.41, 5.74) is 3.71. The Morgan fingerprint density at radius 1 is 1.16 bits per heavy atom. The molecule has 0 aliphatic carbocycles. The van der Waals surface area contributed by atoms with E-state index < -0.39 is 9.84 Å². The minimum absolute atomic E-state index is 0.148. The van der Waals surface area contributed by atoms with Crippen molar-refractivity contribution in [1.29, 1.82) is 0 Å². The third-order valence-corrected chi connectivity index (χ3v) is 6.27. The Kier molecular flexibility index (Phi) is 7.21. The van der Waals surface area contributed by atoms with Crippen LogP contribution in [0.1, 0.15) is 37.9 Å². The zero-order valence-corrected chi connectivity index (χ0v) is 19.8. The highest BCUT2D eigenvalue weighted by Gasteiger charge is 2.16. The average molecular weight is 455 g/mol. The number of aromatic nitrogens is 2. The molecule has 3 rings (SSSR count). The van der Waals surface area contributed by atoms with Gasteiger partial charge in [0.2, 0.25) is 0 Å². The van der Waals surface area contributed by atoms with Crippen LogP contribution < -0.4 is 0 Å². The molecule has 0 saturated heterocycles. The van der Waals surface area contributed by atoms with Gasteiger partial charge in [-0.25, -0.2) is 13.4 Å². The summed E-state index contributed by atoms with van der Waals surface area (Å²) in [4.78, 5) is 4.88. The first kappa shape index (κ1) is 23.8. The van der Waals surface area contributed by atoms with Crippen molar-refractivity contribution in [3.63, 3.8) is 0 Å². The Morgan fingerprint density at radius 2 is 1.81 bits per heavy atom. The van der Waals surface area contributed by atoms with Gasteiger partial charge in [0, 0.05) is 24.6 Å². The molecule has 0 amide bonds. The number of aliphatic hydroxyl groups excluding tert-OH is 1. The predicted octanol–water partition coefficient (Wildman–Crippen LogP) is 4.64. The molecule has 0 aliphatic heterocycles. The zero-order valence-electron chi connectivity index (χ0n) is 19.0. The molecule has 0 radical (unpaired) electrons. The number of benzene rings is 2. The Bertz CT molecular complexity index is 1210. The van der Waals surface area contributed by atoms with Gasteiger partial charge in [0.25, 0.3) is 0 Å². The minimum Gasteiger partial charge on any atom is -0.492 e. The van der Waals surface area contributed by atoms with Crippen LogP contribution in [-0.4, -0.2) is 35.9 Å². The SMILES string of the molecule is C=C(OCC)c1cn(-c2ccc(-c3ccc(CO)c(S(C)(=O)=O)c3)cc2)c(CC(C)C)n1. The van der Waals surface area contributed by atoms with E-state index in [1.165, 1.54) is 0 Å². The maximum Gasteiger partial charge on any atom is 0.175 e. The van der Waals surface area contributed by atoms with E-state index in [1.807, 2.05) is 48.0 Å². The number of ether oxygens (including phenoxy) is 1. The zero-order chi connectivity index (χ0) is 23.5. The molecule has 32 heavy (non-hydrogen) atoms. The summed E-state index contributed by atoms with van der Waals surface area (Å²) < 4.78 is 31.8. The van der Waals surface area contributed by atoms with Crippen LogP contribution in [0.4, 0.5) is 0 Å². The molecule has 170 valence electrons. The van der Waals surface area contributed by atoms with Crippen molar-refractivity contribution >= 4 is 15.6 Å². The van der Waals surface area contributed by atoms with Gasteiger partial charge in [-0.15, -0.1) is 0 Å². The van der Waals surface area contributed by atoms with Crippen molar-refractivity contribution in [2.75, 3.05) is 12.9 Å². The van der Waals surface area contributed by atoms with Gasteiger partial charge in [0.05, 0.1) is 18.1 Å². The van der Waals surface area contributed by atoms with Crippen LogP contribution in [0.2, 0.25) is 0 Å². The quantitative estimate of drug-likeness (QED) is 0.476. The average Bonchev–Trinajstić information content (AvgIpc) is 3.16. The molecular weight excluding hydrogens is 424 g/mol. The van der Waals surface area contributed by atoms with Crippen molar-refractivity contribution in [3.05, 3.63) is 72.3 Å². The second-order valence-corrected chi connectivity index (χ2v) is 10.2. The fourth-order valence-corrected chi connectivity index (χ4v) is 4.51. The molecule has 0 saturated carbocycles. The number of hydrogen-bond acceptors (Lipinski definition) is 5. The largest absolute Gasteiger partial charge is 0.492 e. The Balaban J connectivity index is 1.99. The van der Waals surface area contributed by atoms with E-state index >= 15 is 0 Å². The maximum absolute atomic E-state index is 12.1. The number of imidazole rings is 1. The fourth-order valence-electron chi connectivity index (χ4n) is 3.56. The molecule has 0 fully saturated rings. The highest BCUT2D eigenvalue weighted by Crippen LogP contribution is 2.27. The van der Waals surface area contributed by atoms with E-state index in [9.17, 15) is 13.5 Å². The predicted molar refractivity (Wildman–Crippen MR) is 127 cm³/mol. The first-order valence-electron chi connectivity index (χ1n) is 10.6. The summed E-state index contributed by atoms with van der Waals surface area (Å²) >= 11 is 0. The van der Waals surface area contributed by atoms with E-state index in [-0.39, 0.29) is 11.5 Å². The molecular formula is C25H30N2O4S. The van der Waals surface area contributed by atoms with Gasteiger partial charge in [0.15, 0.2) is 9.84 Å². The number of hydrogen-bond donors (Lipinski definition) is 1. The van der Waals surface area contributed by atoms with Crippen LogP contribution in [0, 0.1) is 5.92 Å². The molecule has 0 aliphatic rings. The maximum atomic E-state index is 12.1. The molecule has 0 atom stereocenters. The summed E-state index contributed by atoms with van der Waals surface area (Å²) in [5, 5.41) is 9.48. The summed E-state index contributed by atoms with van der Waals surface area (Å²) in [5.74, 6) is 1.91. The number of nitrogens with zero attached hydrogens (tertiary/aromatic N) is 2. The van der Waals surface area contributed by atoms with Crippen molar-refractivity contribution in [1.82, 2.24) is 9.55 Å². The lowest BCUT2D eigenvalue weighted by Gasteiger charge is -2.12. The molecule has 1 heterocycles. The molecule has 1 aromatic heterocycles. The van der Waals surface area contributed by atoms with Gasteiger partial charge in [-0.05, 0) is 47.7 Å². The lowest BCUT2D eigenvalue weighted by molar-refractivity contribution is 0.278. The Labute approximate surface area is 190 Å². The molecule has 1 N–H and O–H groups in total. The highest BCUT2D eigenvalue weighted by molar-refractivity contribution is 7.90. The summed E-state index contributed by atoms with van der Waals surface area (Å²) in [6.45, 7) is 10.4. The highest BCUT2D eigenvalue weighted by atomic mass is 32.2. The van der Waals surface area contributed by atoms with Crippen LogP contribution >= 0.6 is 0 Å². The normalized spacial score (nSPS) is 11.7. The first-order chi connectivity index (χ1) is 15.1. The van der Waals surface area contributed by atoms with E-state index in [0.717, 1.165) is 35.3 Å². The lowest BCUT2D eigenvalue weighted by Crippen LogP contribution is -2.04. The van der Waals surface area contributed by atoms with E-state index in [4.69, 9.17) is 9.72 Å². The lowest BCUT2D eigenvalue weighted by atomic mass is 10.0. The van der Waals surface area contributed by atoms with Crippen LogP contribution in [0.25, 0.3) is 22.6 Å². The third kappa shape index (κ3) is 5.29. The van der Waals surface area contributed by atoms with Crippen molar-refractivity contribution in [2.45, 2.75) is 38.7 Å². The summed E-state index contributed by atoms with van der Waals surface area (Å²) in [7, 11) is -3.45. The number of aliphatic hydroxyl groups is 1. The minimum atomic E-state index is -3.45. The van der Waals surface area contributed by atoms with Crippen molar-refractivity contribution in [2.24, 2.45) is 5.92 Å². The molecule has 0 unspecified atom stereocenters. The van der Waals surface area contributed by atoms with Gasteiger partial charge in [-0.2, -0.15) is 0 Å². The smallest absolute Gasteiger partial charge is 0.175 e. The molecule has 0 bridgehead atoms. The second-order valence-electron chi connectivity index (χ2n) is 8.17. The topological polar surface area (TPSA) is 81.4 Å². The van der Waals surface area contributed by atoms with Crippen LogP contribution in [0.5, 0.6) is 0 Å². The van der Waals surface area contributed by atoms with Gasteiger partial charge in [-0.3, -0.25) is 0 Å². The van der Waals surface area contributed by atoms with Gasteiger partial charge in [0.1, 0.15) is 17.3 Å². The molecule has 0 spiro atoms. The summed E-state index contributed by atoms with van der Waals surface area (Å²) in [6, 6.07) is 12.9. The standard InChI is InChI=1S/C25H30N2O4S/c1-6-31-18(4)23-15-27(25(26-23)13-17(2)3)22-11-9-19(10-12-22)20-7-8-21(16-28)24(14-20)32(5,29)30/h7-12,14-15,17,28H,4,6,13,16H2,1-3,5H3. The van der Waals surface area contributed by atoms with Crippen LogP contribution in [0.3, 0.4) is 0 Å². The van der Waals surface area contributed by atoms with Crippen molar-refractivity contribution < 1.29 is 18.3 Å². The molecule has 2 aromatic carbocycles. The van der Waals surface area contributed by atoms with E-state index in [2.05, 4.69) is 20.4 Å². The number of rotatable bonds is 9. The Morgan fingerprint density at radius 3 is 2.38 bits per heavy atom. The van der Waals surface area contributed by atoms with E-state index in [1.54, 1.807) is 12.1 Å². The monoisotopic (exact) mass is 454 g/mol. The van der Waals surface area contributed by atoms with Crippen molar-refractivity contribution in [3.8, 4) is 16.8 Å². The van der Waals surface area contributed by atoms with E-state index in [0.29, 0.717) is 29.5 Å². The van der Waals surface area contributed by atoms with Gasteiger partial charge < -0.3 is 14.4 Å². The third-order valence-electron chi connectivity index (χ3n) is 5.09. The number of sulfone groups is 1. The molecule has 3 aromatic rings. The first-order valence-corrected chi connectivity index (χ1v) is 12.5. The second kappa shape index (κ2) is 9.71. The van der Waals surface area contributed by atoms with Gasteiger partial charge >= 0.3 is 0 Å². The Hall–Kier alpha value is -2.90. The molecule has 6 nitrogen and oxygen atoms in total. The van der Waals surface area contributed by atoms with Crippen LogP contribution in [0.15, 0.2) is 60.1 Å².